The molecule has 1 aromatic carbocycles. The molecule has 3 aromatic rings. The summed E-state index contributed by atoms with van der Waals surface area (Å²) in [6.07, 6.45) is 22.1. The predicted octanol–water partition coefficient (Wildman–Crippen LogP) is 8.97. The smallest absolute Gasteiger partial charge is 0.123 e. The number of piperidine rings is 1. The molecule has 53 heavy (non-hydrogen) atoms. The minimum absolute atomic E-state index is 0.352. The molecule has 0 bridgehead atoms. The minimum Gasteiger partial charge on any atom is -0.361 e. The molecule has 2 saturated heterocycles. The standard InChI is InChI=1S/C43H72N6O2Si2/c1-52(2,3)28-26-50-35-48-24-19-44-41(48)31-39(32-42-45-20-25-49(42)36-51-27-29-53(4,5)6)30-37-12-14-38(15-13-37)33-46-21-16-43(34-46)17-22-47(23-18-43)40-10-8-7-9-11-40/h12-15,19-20,24-25,39-40H,7-11,16-18,21-23,26-36H2,1-6H3. The van der Waals surface area contributed by atoms with Crippen molar-refractivity contribution in [3.05, 3.63) is 71.8 Å². The van der Waals surface area contributed by atoms with Gasteiger partial charge in [0.1, 0.15) is 25.1 Å². The maximum atomic E-state index is 6.15. The third-order valence-corrected chi connectivity index (χ3v) is 15.8. The Labute approximate surface area is 324 Å². The van der Waals surface area contributed by atoms with Crippen LogP contribution >= 0.6 is 0 Å². The summed E-state index contributed by atoms with van der Waals surface area (Å²) in [6.45, 7) is 23.4. The maximum absolute atomic E-state index is 6.15. The van der Waals surface area contributed by atoms with Gasteiger partial charge in [-0.05, 0) is 92.7 Å². The summed E-state index contributed by atoms with van der Waals surface area (Å²) in [4.78, 5) is 15.3. The third-order valence-electron chi connectivity index (χ3n) is 12.4. The van der Waals surface area contributed by atoms with E-state index in [-0.39, 0.29) is 0 Å². The molecule has 6 rings (SSSR count). The van der Waals surface area contributed by atoms with Crippen LogP contribution in [0.15, 0.2) is 49.1 Å². The van der Waals surface area contributed by atoms with Crippen molar-refractivity contribution in [3.63, 3.8) is 0 Å². The molecule has 0 unspecified atom stereocenters. The summed E-state index contributed by atoms with van der Waals surface area (Å²) < 4.78 is 16.7. The van der Waals surface area contributed by atoms with Crippen LogP contribution in [0.4, 0.5) is 0 Å². The van der Waals surface area contributed by atoms with Crippen LogP contribution in [0.2, 0.25) is 51.4 Å². The lowest BCUT2D eigenvalue weighted by Gasteiger charge is -2.43. The van der Waals surface area contributed by atoms with E-state index >= 15 is 0 Å². The second-order valence-corrected chi connectivity index (χ2v) is 30.6. The second kappa shape index (κ2) is 18.7. The van der Waals surface area contributed by atoms with Crippen LogP contribution in [0, 0.1) is 11.3 Å². The summed E-state index contributed by atoms with van der Waals surface area (Å²) in [5.41, 5.74) is 3.38. The van der Waals surface area contributed by atoms with E-state index in [4.69, 9.17) is 19.4 Å². The Balaban J connectivity index is 1.05. The van der Waals surface area contributed by atoms with Gasteiger partial charge in [-0.2, -0.15) is 0 Å². The van der Waals surface area contributed by atoms with E-state index in [0.717, 1.165) is 56.7 Å². The average Bonchev–Trinajstić information content (AvgIpc) is 3.86. The third kappa shape index (κ3) is 12.7. The van der Waals surface area contributed by atoms with Gasteiger partial charge in [-0.15, -0.1) is 0 Å². The van der Waals surface area contributed by atoms with Gasteiger partial charge in [-0.3, -0.25) is 4.90 Å². The fraction of sp³-hybridized carbons (Fsp3) is 0.721. The number of imidazole rings is 2. The van der Waals surface area contributed by atoms with Crippen molar-refractivity contribution in [2.75, 3.05) is 39.4 Å². The van der Waals surface area contributed by atoms with Crippen LogP contribution in [0.5, 0.6) is 0 Å². The van der Waals surface area contributed by atoms with Crippen LogP contribution in [0.1, 0.15) is 74.1 Å². The SMILES string of the molecule is C[Si](C)(C)CCOCn1ccnc1CC(Cc1ccc(CN2CCC3(CCN(C4CCCCC4)CC3)C2)cc1)Cc1nccn1COCC[Si](C)(C)C. The highest BCUT2D eigenvalue weighted by Crippen LogP contribution is 2.42. The van der Waals surface area contributed by atoms with E-state index in [9.17, 15) is 0 Å². The molecule has 10 heteroatoms. The largest absolute Gasteiger partial charge is 0.361 e. The quantitative estimate of drug-likeness (QED) is 0.0899. The first-order valence-electron chi connectivity index (χ1n) is 21.1. The summed E-state index contributed by atoms with van der Waals surface area (Å²) >= 11 is 0. The van der Waals surface area contributed by atoms with Crippen molar-refractivity contribution in [2.45, 2.75) is 148 Å². The minimum atomic E-state index is -1.13. The Hall–Kier alpha value is -2.09. The van der Waals surface area contributed by atoms with Crippen LogP contribution in [-0.2, 0) is 48.7 Å². The first-order chi connectivity index (χ1) is 25.4. The van der Waals surface area contributed by atoms with Crippen molar-refractivity contribution in [3.8, 4) is 0 Å². The number of benzene rings is 1. The molecular weight excluding hydrogens is 689 g/mol. The molecule has 1 aliphatic carbocycles. The van der Waals surface area contributed by atoms with Crippen LogP contribution in [0.25, 0.3) is 0 Å². The molecule has 2 aliphatic heterocycles. The topological polar surface area (TPSA) is 60.6 Å². The molecule has 4 heterocycles. The van der Waals surface area contributed by atoms with Gasteiger partial charge in [-0.25, -0.2) is 9.97 Å². The van der Waals surface area contributed by atoms with E-state index in [1.54, 1.807) is 0 Å². The van der Waals surface area contributed by atoms with Crippen molar-refractivity contribution in [2.24, 2.45) is 11.3 Å². The number of hydrogen-bond donors (Lipinski definition) is 0. The second-order valence-electron chi connectivity index (χ2n) is 19.4. The summed E-state index contributed by atoms with van der Waals surface area (Å²) in [6, 6.07) is 12.8. The van der Waals surface area contributed by atoms with Crippen molar-refractivity contribution < 1.29 is 9.47 Å². The lowest BCUT2D eigenvalue weighted by atomic mass is 9.77. The van der Waals surface area contributed by atoms with Crippen molar-refractivity contribution in [1.29, 1.82) is 0 Å². The monoisotopic (exact) mass is 761 g/mol. The Morgan fingerprint density at radius 2 is 1.23 bits per heavy atom. The number of likely N-dealkylation sites (tertiary alicyclic amines) is 2. The van der Waals surface area contributed by atoms with E-state index in [1.807, 2.05) is 12.4 Å². The van der Waals surface area contributed by atoms with Crippen molar-refractivity contribution >= 4 is 16.1 Å². The summed E-state index contributed by atoms with van der Waals surface area (Å²) in [5, 5.41) is 0. The number of rotatable bonds is 19. The van der Waals surface area contributed by atoms with Crippen LogP contribution < -0.4 is 0 Å². The zero-order valence-corrected chi connectivity index (χ0v) is 36.3. The number of ether oxygens (including phenoxy) is 2. The van der Waals surface area contributed by atoms with Gasteiger partial charge in [0.2, 0.25) is 0 Å². The van der Waals surface area contributed by atoms with Crippen LogP contribution in [0.3, 0.4) is 0 Å². The Kier molecular flexibility index (Phi) is 14.3. The average molecular weight is 761 g/mol. The lowest BCUT2D eigenvalue weighted by molar-refractivity contribution is 0.0615. The zero-order chi connectivity index (χ0) is 37.3. The highest BCUT2D eigenvalue weighted by Gasteiger charge is 2.41. The fourth-order valence-corrected chi connectivity index (χ4v) is 10.4. The Bertz CT molecular complexity index is 1450. The molecule has 2 aromatic heterocycles. The number of hydrogen-bond acceptors (Lipinski definition) is 6. The number of nitrogens with zero attached hydrogens (tertiary/aromatic N) is 6. The lowest BCUT2D eigenvalue weighted by Crippen LogP contribution is -2.46. The molecule has 0 atom stereocenters. The van der Waals surface area contributed by atoms with Gasteiger partial charge >= 0.3 is 0 Å². The molecule has 1 saturated carbocycles. The summed E-state index contributed by atoms with van der Waals surface area (Å²) in [5.74, 6) is 2.54. The molecule has 0 N–H and O–H groups in total. The highest BCUT2D eigenvalue weighted by molar-refractivity contribution is 6.76. The number of aromatic nitrogens is 4. The summed E-state index contributed by atoms with van der Waals surface area (Å²) in [7, 11) is -2.26. The van der Waals surface area contributed by atoms with Gasteiger partial charge in [0, 0.05) is 86.1 Å². The normalized spacial score (nSPS) is 19.2. The van der Waals surface area contributed by atoms with Gasteiger partial charge in [0.15, 0.2) is 0 Å². The first kappa shape index (κ1) is 40.6. The van der Waals surface area contributed by atoms with Gasteiger partial charge in [0.25, 0.3) is 0 Å². The van der Waals surface area contributed by atoms with Crippen molar-refractivity contribution in [1.82, 2.24) is 28.9 Å². The molecule has 0 amide bonds. The fourth-order valence-electron chi connectivity index (χ4n) is 8.86. The van der Waals surface area contributed by atoms with Gasteiger partial charge in [0.05, 0.1) is 0 Å². The highest BCUT2D eigenvalue weighted by atomic mass is 28.3. The molecule has 0 radical (unpaired) electrons. The van der Waals surface area contributed by atoms with Gasteiger partial charge in [-0.1, -0.05) is 82.8 Å². The van der Waals surface area contributed by atoms with E-state index in [2.05, 4.69) is 94.9 Å². The Morgan fingerprint density at radius 1 is 0.698 bits per heavy atom. The van der Waals surface area contributed by atoms with E-state index in [0.29, 0.717) is 24.8 Å². The molecule has 3 aliphatic rings. The van der Waals surface area contributed by atoms with Crippen LogP contribution in [-0.4, -0.2) is 90.5 Å². The first-order valence-corrected chi connectivity index (χ1v) is 28.5. The maximum Gasteiger partial charge on any atom is 0.123 e. The van der Waals surface area contributed by atoms with Gasteiger partial charge < -0.3 is 23.5 Å². The van der Waals surface area contributed by atoms with E-state index in [1.165, 1.54) is 101 Å². The molecule has 1 spiro atoms. The zero-order valence-electron chi connectivity index (χ0n) is 34.3. The Morgan fingerprint density at radius 3 is 1.77 bits per heavy atom. The van der Waals surface area contributed by atoms with E-state index < -0.39 is 16.1 Å². The molecule has 8 nitrogen and oxygen atoms in total. The molecule has 3 fully saturated rings. The predicted molar refractivity (Wildman–Crippen MR) is 224 cm³/mol. The molecular formula is C43H72N6O2Si2. The molecule has 294 valence electrons.